The van der Waals surface area contributed by atoms with Gasteiger partial charge in [-0.15, -0.1) is 0 Å². The minimum atomic E-state index is -4.59. The molecule has 0 spiro atoms. The first-order valence-electron chi connectivity index (χ1n) is 9.89. The number of rotatable bonds is 9. The lowest BCUT2D eigenvalue weighted by molar-refractivity contribution is -0.137. The van der Waals surface area contributed by atoms with Crippen molar-refractivity contribution < 1.29 is 32.2 Å². The number of hydrogen-bond donors (Lipinski definition) is 3. The highest BCUT2D eigenvalue weighted by Crippen LogP contribution is 2.33. The maximum Gasteiger partial charge on any atom is 0.416 e. The van der Waals surface area contributed by atoms with E-state index in [1.165, 1.54) is 30.5 Å². The van der Waals surface area contributed by atoms with Crippen LogP contribution in [0.2, 0.25) is 0 Å². The molecule has 1 aromatic heterocycles. The maximum atomic E-state index is 13.2. The van der Waals surface area contributed by atoms with E-state index in [9.17, 15) is 22.8 Å². The van der Waals surface area contributed by atoms with Crippen molar-refractivity contribution in [3.63, 3.8) is 0 Å². The standard InChI is InChI=1S/C21H21F3N6O4/c1-33-7-8-34-20(32)28-16-4-2-3-15(10-16)26-11-19(31)29-17-9-14(21(22,23)24)5-6-18(17)30-13-25-12-27-30/h2-6,9-10,12-13,26H,7-8,11H2,1H3,(H,28,32)(H,29,31). The number of aromatic nitrogens is 3. The zero-order chi connectivity index (χ0) is 24.6. The second kappa shape index (κ2) is 11.1. The Hall–Kier alpha value is -4.13. The molecule has 0 fully saturated rings. The summed E-state index contributed by atoms with van der Waals surface area (Å²) in [5, 5.41) is 11.7. The third kappa shape index (κ3) is 6.93. The number of carbonyl (C=O) groups is 2. The number of hydrogen-bond acceptors (Lipinski definition) is 7. The van der Waals surface area contributed by atoms with Gasteiger partial charge in [0.25, 0.3) is 0 Å². The molecule has 2 amide bonds. The molecule has 1 heterocycles. The van der Waals surface area contributed by atoms with Gasteiger partial charge in [-0.3, -0.25) is 10.1 Å². The van der Waals surface area contributed by atoms with E-state index >= 15 is 0 Å². The number of anilines is 3. The molecule has 0 aliphatic rings. The Morgan fingerprint density at radius 3 is 2.56 bits per heavy atom. The molecule has 3 N–H and O–H groups in total. The lowest BCUT2D eigenvalue weighted by Crippen LogP contribution is -2.23. The van der Waals surface area contributed by atoms with Crippen LogP contribution in [0.25, 0.3) is 5.69 Å². The van der Waals surface area contributed by atoms with Crippen molar-refractivity contribution >= 4 is 29.1 Å². The first-order valence-corrected chi connectivity index (χ1v) is 9.89. The second-order valence-electron chi connectivity index (χ2n) is 6.81. The Balaban J connectivity index is 1.64. The molecule has 0 bridgehead atoms. The molecule has 0 unspecified atom stereocenters. The van der Waals surface area contributed by atoms with Crippen LogP contribution in [-0.2, 0) is 20.4 Å². The molecule has 2 aromatic carbocycles. The summed E-state index contributed by atoms with van der Waals surface area (Å²) in [4.78, 5) is 28.0. The summed E-state index contributed by atoms with van der Waals surface area (Å²) in [6.45, 7) is 0.0932. The lowest BCUT2D eigenvalue weighted by Gasteiger charge is -2.15. The number of nitrogens with zero attached hydrogens (tertiary/aromatic N) is 3. The Morgan fingerprint density at radius 1 is 1.06 bits per heavy atom. The summed E-state index contributed by atoms with van der Waals surface area (Å²) in [5.74, 6) is -0.599. The average Bonchev–Trinajstić information content (AvgIpc) is 3.32. The molecule has 10 nitrogen and oxygen atoms in total. The third-order valence-corrected chi connectivity index (χ3v) is 4.35. The summed E-state index contributed by atoms with van der Waals surface area (Å²) >= 11 is 0. The van der Waals surface area contributed by atoms with Crippen LogP contribution in [0.4, 0.5) is 35.0 Å². The van der Waals surface area contributed by atoms with E-state index in [0.717, 1.165) is 12.1 Å². The highest BCUT2D eigenvalue weighted by Gasteiger charge is 2.31. The van der Waals surface area contributed by atoms with Gasteiger partial charge in [0.2, 0.25) is 5.91 Å². The summed E-state index contributed by atoms with van der Waals surface area (Å²) in [7, 11) is 1.48. The van der Waals surface area contributed by atoms with E-state index in [-0.39, 0.29) is 31.1 Å². The van der Waals surface area contributed by atoms with E-state index in [0.29, 0.717) is 11.4 Å². The first-order chi connectivity index (χ1) is 16.3. The first kappa shape index (κ1) is 24.5. The van der Waals surface area contributed by atoms with E-state index in [1.807, 2.05) is 0 Å². The molecule has 0 atom stereocenters. The molecule has 0 radical (unpaired) electrons. The van der Waals surface area contributed by atoms with Crippen molar-refractivity contribution in [2.24, 2.45) is 0 Å². The Labute approximate surface area is 192 Å². The van der Waals surface area contributed by atoms with Gasteiger partial charge in [0.05, 0.1) is 30.1 Å². The quantitative estimate of drug-likeness (QED) is 0.403. The summed E-state index contributed by atoms with van der Waals surface area (Å²) < 4.78 is 50.4. The van der Waals surface area contributed by atoms with Crippen LogP contribution in [0.5, 0.6) is 0 Å². The molecule has 3 rings (SSSR count). The summed E-state index contributed by atoms with van der Waals surface area (Å²) in [6, 6.07) is 9.39. The van der Waals surface area contributed by atoms with E-state index in [4.69, 9.17) is 9.47 Å². The number of methoxy groups -OCH3 is 1. The normalized spacial score (nSPS) is 11.1. The second-order valence-corrected chi connectivity index (χ2v) is 6.81. The molecule has 0 aliphatic carbocycles. The highest BCUT2D eigenvalue weighted by molar-refractivity contribution is 5.95. The van der Waals surface area contributed by atoms with Crippen LogP contribution in [-0.4, -0.2) is 53.6 Å². The number of nitrogens with one attached hydrogen (secondary N) is 3. The van der Waals surface area contributed by atoms with Crippen LogP contribution < -0.4 is 16.0 Å². The number of amides is 2. The van der Waals surface area contributed by atoms with Gasteiger partial charge in [-0.05, 0) is 36.4 Å². The molecule has 3 aromatic rings. The zero-order valence-corrected chi connectivity index (χ0v) is 17.9. The van der Waals surface area contributed by atoms with Crippen LogP contribution >= 0.6 is 0 Å². The molecule has 13 heteroatoms. The van der Waals surface area contributed by atoms with Crippen LogP contribution in [0.3, 0.4) is 0 Å². The van der Waals surface area contributed by atoms with Crippen LogP contribution in [0, 0.1) is 0 Å². The molecular weight excluding hydrogens is 457 g/mol. The number of halogens is 3. The van der Waals surface area contributed by atoms with E-state index in [1.54, 1.807) is 24.3 Å². The fourth-order valence-corrected chi connectivity index (χ4v) is 2.80. The van der Waals surface area contributed by atoms with Crippen molar-refractivity contribution in [2.75, 3.05) is 42.8 Å². The fourth-order valence-electron chi connectivity index (χ4n) is 2.80. The predicted molar refractivity (Wildman–Crippen MR) is 117 cm³/mol. The summed E-state index contributed by atoms with van der Waals surface area (Å²) in [5.41, 5.74) is 0.124. The topological polar surface area (TPSA) is 119 Å². The number of benzene rings is 2. The smallest absolute Gasteiger partial charge is 0.416 e. The predicted octanol–water partition coefficient (Wildman–Crippen LogP) is 3.53. The minimum absolute atomic E-state index is 0.0821. The SMILES string of the molecule is COCCOC(=O)Nc1cccc(NCC(=O)Nc2cc(C(F)(F)F)ccc2-n2cncn2)c1. The highest BCUT2D eigenvalue weighted by atomic mass is 19.4. The van der Waals surface area contributed by atoms with Gasteiger partial charge < -0.3 is 20.1 Å². The molecule has 180 valence electrons. The van der Waals surface area contributed by atoms with Crippen LogP contribution in [0.1, 0.15) is 5.56 Å². The van der Waals surface area contributed by atoms with Gasteiger partial charge in [0, 0.05) is 18.5 Å². The largest absolute Gasteiger partial charge is 0.447 e. The molecular formula is C21H21F3N6O4. The van der Waals surface area contributed by atoms with Crippen molar-refractivity contribution in [1.82, 2.24) is 14.8 Å². The number of carbonyl (C=O) groups excluding carboxylic acids is 2. The number of alkyl halides is 3. The van der Waals surface area contributed by atoms with Gasteiger partial charge in [-0.25, -0.2) is 14.5 Å². The monoisotopic (exact) mass is 478 g/mol. The van der Waals surface area contributed by atoms with Gasteiger partial charge >= 0.3 is 12.3 Å². The fraction of sp³-hybridized carbons (Fsp3) is 0.238. The van der Waals surface area contributed by atoms with Gasteiger partial charge in [-0.1, -0.05) is 6.07 Å². The molecule has 0 aliphatic heterocycles. The average molecular weight is 478 g/mol. The molecule has 0 saturated heterocycles. The van der Waals surface area contributed by atoms with Crippen LogP contribution in [0.15, 0.2) is 55.1 Å². The Morgan fingerprint density at radius 2 is 1.85 bits per heavy atom. The van der Waals surface area contributed by atoms with Crippen molar-refractivity contribution in [2.45, 2.75) is 6.18 Å². The molecule has 0 saturated carbocycles. The Kier molecular flexibility index (Phi) is 8.03. The Bertz CT molecular complexity index is 1120. The molecule has 34 heavy (non-hydrogen) atoms. The van der Waals surface area contributed by atoms with Gasteiger partial charge in [0.15, 0.2) is 0 Å². The lowest BCUT2D eigenvalue weighted by atomic mass is 10.1. The van der Waals surface area contributed by atoms with Crippen molar-refractivity contribution in [3.05, 3.63) is 60.7 Å². The third-order valence-electron chi connectivity index (χ3n) is 4.35. The van der Waals surface area contributed by atoms with E-state index < -0.39 is 23.7 Å². The van der Waals surface area contributed by atoms with Crippen molar-refractivity contribution in [3.8, 4) is 5.69 Å². The summed E-state index contributed by atoms with van der Waals surface area (Å²) in [6.07, 6.45) is -2.73. The van der Waals surface area contributed by atoms with Crippen molar-refractivity contribution in [1.29, 1.82) is 0 Å². The van der Waals surface area contributed by atoms with Gasteiger partial charge in [0.1, 0.15) is 19.3 Å². The number of ether oxygens (including phenoxy) is 2. The maximum absolute atomic E-state index is 13.2. The minimum Gasteiger partial charge on any atom is -0.447 e. The zero-order valence-electron chi connectivity index (χ0n) is 17.9. The van der Waals surface area contributed by atoms with E-state index in [2.05, 4.69) is 26.0 Å². The van der Waals surface area contributed by atoms with Gasteiger partial charge in [-0.2, -0.15) is 18.3 Å².